The van der Waals surface area contributed by atoms with E-state index in [4.69, 9.17) is 0 Å². The average molecular weight is 282 g/mol. The highest BCUT2D eigenvalue weighted by molar-refractivity contribution is 5.82. The van der Waals surface area contributed by atoms with Gasteiger partial charge in [-0.3, -0.25) is 0 Å². The van der Waals surface area contributed by atoms with Gasteiger partial charge in [0.05, 0.1) is 16.6 Å². The minimum absolute atomic E-state index is 0.0373. The molecule has 0 saturated heterocycles. The van der Waals surface area contributed by atoms with E-state index in [9.17, 15) is 10.2 Å². The molecule has 0 bridgehead atoms. The third-order valence-corrected chi connectivity index (χ3v) is 3.42. The number of fused-ring (bicyclic) bond motifs is 1. The SMILES string of the molecule is CC(C)Cn1c(-c2ccc(O)cc2O)nc2ccccc21. The topological polar surface area (TPSA) is 58.3 Å². The highest BCUT2D eigenvalue weighted by Crippen LogP contribution is 2.33. The molecule has 4 nitrogen and oxygen atoms in total. The number of para-hydroxylation sites is 2. The van der Waals surface area contributed by atoms with Crippen molar-refractivity contribution in [2.24, 2.45) is 5.92 Å². The number of hydrogen-bond acceptors (Lipinski definition) is 3. The van der Waals surface area contributed by atoms with Crippen molar-refractivity contribution in [3.8, 4) is 22.9 Å². The van der Waals surface area contributed by atoms with Gasteiger partial charge < -0.3 is 14.8 Å². The Labute approximate surface area is 123 Å². The second kappa shape index (κ2) is 5.13. The van der Waals surface area contributed by atoms with Gasteiger partial charge in [-0.15, -0.1) is 0 Å². The molecular weight excluding hydrogens is 264 g/mol. The van der Waals surface area contributed by atoms with Crippen LogP contribution in [-0.4, -0.2) is 19.8 Å². The van der Waals surface area contributed by atoms with Crippen LogP contribution in [0.25, 0.3) is 22.4 Å². The third kappa shape index (κ3) is 2.44. The van der Waals surface area contributed by atoms with Gasteiger partial charge in [0.1, 0.15) is 17.3 Å². The number of phenols is 2. The molecule has 0 unspecified atom stereocenters. The molecule has 2 aromatic carbocycles. The number of hydrogen-bond donors (Lipinski definition) is 2. The third-order valence-electron chi connectivity index (χ3n) is 3.42. The van der Waals surface area contributed by atoms with Crippen molar-refractivity contribution in [3.63, 3.8) is 0 Å². The lowest BCUT2D eigenvalue weighted by molar-refractivity contribution is 0.451. The maximum Gasteiger partial charge on any atom is 0.144 e. The first-order valence-electron chi connectivity index (χ1n) is 7.04. The molecule has 108 valence electrons. The van der Waals surface area contributed by atoms with E-state index in [0.29, 0.717) is 11.5 Å². The zero-order chi connectivity index (χ0) is 15.0. The number of aromatic nitrogens is 2. The van der Waals surface area contributed by atoms with Crippen molar-refractivity contribution >= 4 is 11.0 Å². The Morgan fingerprint density at radius 2 is 1.86 bits per heavy atom. The summed E-state index contributed by atoms with van der Waals surface area (Å²) in [6.45, 7) is 5.11. The standard InChI is InChI=1S/C17H18N2O2/c1-11(2)10-19-15-6-4-3-5-14(15)18-17(19)13-8-7-12(20)9-16(13)21/h3-9,11,20-21H,10H2,1-2H3. The summed E-state index contributed by atoms with van der Waals surface area (Å²) in [5.41, 5.74) is 2.58. The monoisotopic (exact) mass is 282 g/mol. The second-order valence-corrected chi connectivity index (χ2v) is 5.63. The number of imidazole rings is 1. The molecule has 1 heterocycles. The van der Waals surface area contributed by atoms with E-state index in [0.717, 1.165) is 23.4 Å². The van der Waals surface area contributed by atoms with E-state index in [1.54, 1.807) is 12.1 Å². The van der Waals surface area contributed by atoms with Crippen molar-refractivity contribution in [2.75, 3.05) is 0 Å². The first-order valence-corrected chi connectivity index (χ1v) is 7.04. The first-order chi connectivity index (χ1) is 10.1. The van der Waals surface area contributed by atoms with Crippen molar-refractivity contribution < 1.29 is 10.2 Å². The summed E-state index contributed by atoms with van der Waals surface area (Å²) in [4.78, 5) is 4.65. The van der Waals surface area contributed by atoms with Crippen molar-refractivity contribution in [3.05, 3.63) is 42.5 Å². The van der Waals surface area contributed by atoms with E-state index in [-0.39, 0.29) is 11.5 Å². The molecular formula is C17H18N2O2. The summed E-state index contributed by atoms with van der Waals surface area (Å²) in [5, 5.41) is 19.6. The van der Waals surface area contributed by atoms with Crippen LogP contribution in [0.1, 0.15) is 13.8 Å². The number of nitrogens with zero attached hydrogens (tertiary/aromatic N) is 2. The highest BCUT2D eigenvalue weighted by Gasteiger charge is 2.16. The average Bonchev–Trinajstić information content (AvgIpc) is 2.77. The lowest BCUT2D eigenvalue weighted by Gasteiger charge is -2.12. The fraction of sp³-hybridized carbons (Fsp3) is 0.235. The molecule has 0 fully saturated rings. The zero-order valence-electron chi connectivity index (χ0n) is 12.1. The summed E-state index contributed by atoms with van der Waals surface area (Å²) < 4.78 is 2.12. The molecule has 0 spiro atoms. The molecule has 0 aliphatic heterocycles. The quantitative estimate of drug-likeness (QED) is 0.768. The van der Waals surface area contributed by atoms with Gasteiger partial charge in [-0.25, -0.2) is 4.98 Å². The minimum atomic E-state index is 0.0373. The molecule has 3 aromatic rings. The predicted octanol–water partition coefficient (Wildman–Crippen LogP) is 3.77. The maximum atomic E-state index is 10.1. The van der Waals surface area contributed by atoms with Crippen LogP contribution in [0.5, 0.6) is 11.5 Å². The van der Waals surface area contributed by atoms with Gasteiger partial charge in [0.2, 0.25) is 0 Å². The van der Waals surface area contributed by atoms with Crippen LogP contribution in [0.2, 0.25) is 0 Å². The highest BCUT2D eigenvalue weighted by atomic mass is 16.3. The normalized spacial score (nSPS) is 11.4. The van der Waals surface area contributed by atoms with Crippen molar-refractivity contribution in [1.29, 1.82) is 0 Å². The fourth-order valence-electron chi connectivity index (χ4n) is 2.54. The molecule has 1 aromatic heterocycles. The summed E-state index contributed by atoms with van der Waals surface area (Å²) in [6.07, 6.45) is 0. The van der Waals surface area contributed by atoms with E-state index < -0.39 is 0 Å². The lowest BCUT2D eigenvalue weighted by atomic mass is 10.1. The van der Waals surface area contributed by atoms with Crippen LogP contribution in [0.4, 0.5) is 0 Å². The molecule has 2 N–H and O–H groups in total. The maximum absolute atomic E-state index is 10.1. The summed E-state index contributed by atoms with van der Waals surface area (Å²) >= 11 is 0. The van der Waals surface area contributed by atoms with Gasteiger partial charge in [-0.1, -0.05) is 26.0 Å². The Morgan fingerprint density at radius 3 is 2.57 bits per heavy atom. The Bertz CT molecular complexity index is 791. The zero-order valence-corrected chi connectivity index (χ0v) is 12.1. The van der Waals surface area contributed by atoms with Gasteiger partial charge in [0.15, 0.2) is 0 Å². The fourth-order valence-corrected chi connectivity index (χ4v) is 2.54. The van der Waals surface area contributed by atoms with Crippen LogP contribution in [0.3, 0.4) is 0 Å². The number of phenolic OH excluding ortho intramolecular Hbond substituents is 2. The molecule has 0 amide bonds. The van der Waals surface area contributed by atoms with Crippen LogP contribution < -0.4 is 0 Å². The largest absolute Gasteiger partial charge is 0.508 e. The Kier molecular flexibility index (Phi) is 3.29. The molecule has 21 heavy (non-hydrogen) atoms. The van der Waals surface area contributed by atoms with Gasteiger partial charge in [-0.05, 0) is 30.2 Å². The first kappa shape index (κ1) is 13.5. The molecule has 0 aliphatic carbocycles. The van der Waals surface area contributed by atoms with Crippen molar-refractivity contribution in [1.82, 2.24) is 9.55 Å². The smallest absolute Gasteiger partial charge is 0.144 e. The van der Waals surface area contributed by atoms with E-state index in [1.807, 2.05) is 24.3 Å². The molecule has 3 rings (SSSR count). The van der Waals surface area contributed by atoms with Gasteiger partial charge in [0.25, 0.3) is 0 Å². The van der Waals surface area contributed by atoms with E-state index in [2.05, 4.69) is 23.4 Å². The molecule has 0 radical (unpaired) electrons. The van der Waals surface area contributed by atoms with Gasteiger partial charge >= 0.3 is 0 Å². The van der Waals surface area contributed by atoms with E-state index in [1.165, 1.54) is 6.07 Å². The predicted molar refractivity (Wildman–Crippen MR) is 83.3 cm³/mol. The molecule has 0 aliphatic rings. The Morgan fingerprint density at radius 1 is 1.10 bits per heavy atom. The number of aromatic hydroxyl groups is 2. The van der Waals surface area contributed by atoms with Crippen LogP contribution in [0.15, 0.2) is 42.5 Å². The number of benzene rings is 2. The van der Waals surface area contributed by atoms with E-state index >= 15 is 0 Å². The van der Waals surface area contributed by atoms with Gasteiger partial charge in [-0.2, -0.15) is 0 Å². The summed E-state index contributed by atoms with van der Waals surface area (Å²) in [7, 11) is 0. The minimum Gasteiger partial charge on any atom is -0.508 e. The Balaban J connectivity index is 2.25. The summed E-state index contributed by atoms with van der Waals surface area (Å²) in [6, 6.07) is 12.5. The van der Waals surface area contributed by atoms with Crippen LogP contribution in [-0.2, 0) is 6.54 Å². The lowest BCUT2D eigenvalue weighted by Crippen LogP contribution is -2.06. The molecule has 0 atom stereocenters. The van der Waals surface area contributed by atoms with Crippen LogP contribution >= 0.6 is 0 Å². The van der Waals surface area contributed by atoms with Gasteiger partial charge in [0, 0.05) is 12.6 Å². The number of rotatable bonds is 3. The van der Waals surface area contributed by atoms with Crippen molar-refractivity contribution in [2.45, 2.75) is 20.4 Å². The van der Waals surface area contributed by atoms with Crippen LogP contribution in [0, 0.1) is 5.92 Å². The summed E-state index contributed by atoms with van der Waals surface area (Å²) in [5.74, 6) is 1.26. The molecule has 4 heteroatoms. The Hall–Kier alpha value is -2.49. The second-order valence-electron chi connectivity index (χ2n) is 5.63. The molecule has 0 saturated carbocycles.